The lowest BCUT2D eigenvalue weighted by Gasteiger charge is -2.30. The van der Waals surface area contributed by atoms with E-state index in [1.165, 1.54) is 12.1 Å². The Balaban J connectivity index is 2.55. The highest BCUT2D eigenvalue weighted by atomic mass is 19.4. The predicted molar refractivity (Wildman–Crippen MR) is 89.9 cm³/mol. The molecule has 0 amide bonds. The number of ether oxygens (including phenoxy) is 1. The molecule has 2 N–H and O–H groups in total. The molecular formula is C17H26F3N3O. The fraction of sp³-hybridized carbons (Fsp3) is 0.588. The standard InChI is InChI=1S/C17H26F3N3O/c1-16(2,3)14(24-5)11-23-15(21-4)22-10-12-6-8-13(9-7-12)17(18,19)20/h6-9,14H,10-11H2,1-5H3,(H2,21,22,23). The van der Waals surface area contributed by atoms with Gasteiger partial charge >= 0.3 is 6.18 Å². The van der Waals surface area contributed by atoms with Gasteiger partial charge in [0.25, 0.3) is 0 Å². The van der Waals surface area contributed by atoms with E-state index in [2.05, 4.69) is 36.4 Å². The molecular weight excluding hydrogens is 319 g/mol. The van der Waals surface area contributed by atoms with E-state index in [4.69, 9.17) is 4.74 Å². The van der Waals surface area contributed by atoms with Crippen LogP contribution in [0, 0.1) is 5.41 Å². The average molecular weight is 345 g/mol. The zero-order valence-electron chi connectivity index (χ0n) is 14.8. The van der Waals surface area contributed by atoms with Crippen LogP contribution in [0.4, 0.5) is 13.2 Å². The zero-order valence-corrected chi connectivity index (χ0v) is 14.8. The van der Waals surface area contributed by atoms with Gasteiger partial charge in [-0.05, 0) is 23.1 Å². The molecule has 0 aromatic heterocycles. The molecule has 0 aliphatic heterocycles. The van der Waals surface area contributed by atoms with Crippen molar-refractivity contribution in [2.24, 2.45) is 10.4 Å². The Labute approximate surface area is 141 Å². The number of nitrogens with zero attached hydrogens (tertiary/aromatic N) is 1. The van der Waals surface area contributed by atoms with Crippen LogP contribution < -0.4 is 10.6 Å². The van der Waals surface area contributed by atoms with Crippen LogP contribution >= 0.6 is 0 Å². The van der Waals surface area contributed by atoms with Crippen molar-refractivity contribution in [2.45, 2.75) is 39.6 Å². The van der Waals surface area contributed by atoms with Crippen LogP contribution in [0.5, 0.6) is 0 Å². The molecule has 0 aliphatic carbocycles. The van der Waals surface area contributed by atoms with Crippen molar-refractivity contribution in [2.75, 3.05) is 20.7 Å². The summed E-state index contributed by atoms with van der Waals surface area (Å²) in [6, 6.07) is 5.06. The van der Waals surface area contributed by atoms with Gasteiger partial charge in [0.2, 0.25) is 0 Å². The monoisotopic (exact) mass is 345 g/mol. The van der Waals surface area contributed by atoms with Crippen molar-refractivity contribution in [3.8, 4) is 0 Å². The topological polar surface area (TPSA) is 45.7 Å². The molecule has 1 rings (SSSR count). The highest BCUT2D eigenvalue weighted by Gasteiger charge is 2.29. The Morgan fingerprint density at radius 1 is 1.12 bits per heavy atom. The summed E-state index contributed by atoms with van der Waals surface area (Å²) >= 11 is 0. The summed E-state index contributed by atoms with van der Waals surface area (Å²) in [4.78, 5) is 4.11. The van der Waals surface area contributed by atoms with Crippen LogP contribution in [0.1, 0.15) is 31.9 Å². The average Bonchev–Trinajstić information content (AvgIpc) is 2.49. The van der Waals surface area contributed by atoms with Gasteiger partial charge in [-0.3, -0.25) is 4.99 Å². The van der Waals surface area contributed by atoms with E-state index < -0.39 is 11.7 Å². The van der Waals surface area contributed by atoms with E-state index in [9.17, 15) is 13.2 Å². The number of hydrogen-bond donors (Lipinski definition) is 2. The second-order valence-corrected chi connectivity index (χ2v) is 6.59. The van der Waals surface area contributed by atoms with Crippen molar-refractivity contribution in [1.29, 1.82) is 0 Å². The number of rotatable bonds is 5. The summed E-state index contributed by atoms with van der Waals surface area (Å²) < 4.78 is 43.1. The lowest BCUT2D eigenvalue weighted by Crippen LogP contribution is -2.45. The van der Waals surface area contributed by atoms with Crippen LogP contribution in [0.15, 0.2) is 29.3 Å². The fourth-order valence-corrected chi connectivity index (χ4v) is 2.15. The Hall–Kier alpha value is -1.76. The third kappa shape index (κ3) is 6.39. The first kappa shape index (κ1) is 20.3. The van der Waals surface area contributed by atoms with Gasteiger partial charge in [0.1, 0.15) is 0 Å². The molecule has 1 atom stereocenters. The number of aliphatic imine (C=N–C) groups is 1. The predicted octanol–water partition coefficient (Wildman–Crippen LogP) is 3.43. The maximum atomic E-state index is 12.5. The van der Waals surface area contributed by atoms with E-state index in [1.807, 2.05) is 0 Å². The number of halogens is 3. The minimum atomic E-state index is -4.31. The lowest BCUT2D eigenvalue weighted by atomic mass is 9.89. The summed E-state index contributed by atoms with van der Waals surface area (Å²) in [5.74, 6) is 0.571. The molecule has 0 saturated carbocycles. The minimum Gasteiger partial charge on any atom is -0.379 e. The number of guanidine groups is 1. The smallest absolute Gasteiger partial charge is 0.379 e. The highest BCUT2D eigenvalue weighted by molar-refractivity contribution is 5.79. The third-order valence-corrected chi connectivity index (χ3v) is 3.67. The van der Waals surface area contributed by atoms with Gasteiger partial charge in [0.15, 0.2) is 5.96 Å². The van der Waals surface area contributed by atoms with Gasteiger partial charge in [0.05, 0.1) is 11.7 Å². The van der Waals surface area contributed by atoms with E-state index in [0.29, 0.717) is 19.0 Å². The SMILES string of the molecule is CN=C(NCc1ccc(C(F)(F)F)cc1)NCC(OC)C(C)(C)C. The van der Waals surface area contributed by atoms with E-state index in [0.717, 1.165) is 17.7 Å². The van der Waals surface area contributed by atoms with E-state index in [-0.39, 0.29) is 11.5 Å². The quantitative estimate of drug-likeness (QED) is 0.635. The first-order chi connectivity index (χ1) is 11.1. The normalized spacial score (nSPS) is 14.4. The van der Waals surface area contributed by atoms with Gasteiger partial charge < -0.3 is 15.4 Å². The molecule has 0 aliphatic rings. The number of hydrogen-bond acceptors (Lipinski definition) is 2. The number of alkyl halides is 3. The maximum absolute atomic E-state index is 12.5. The molecule has 0 fully saturated rings. The molecule has 0 heterocycles. The highest BCUT2D eigenvalue weighted by Crippen LogP contribution is 2.29. The van der Waals surface area contributed by atoms with Crippen LogP contribution in [0.2, 0.25) is 0 Å². The van der Waals surface area contributed by atoms with Crippen molar-refractivity contribution >= 4 is 5.96 Å². The summed E-state index contributed by atoms with van der Waals surface area (Å²) in [6.07, 6.45) is -4.31. The van der Waals surface area contributed by atoms with Crippen LogP contribution in [-0.4, -0.2) is 32.8 Å². The molecule has 1 unspecified atom stereocenters. The Bertz CT molecular complexity index is 533. The van der Waals surface area contributed by atoms with E-state index in [1.54, 1.807) is 14.2 Å². The van der Waals surface area contributed by atoms with Gasteiger partial charge in [-0.15, -0.1) is 0 Å². The van der Waals surface area contributed by atoms with Gasteiger partial charge in [-0.2, -0.15) is 13.2 Å². The fourth-order valence-electron chi connectivity index (χ4n) is 2.15. The second kappa shape index (κ2) is 8.37. The van der Waals surface area contributed by atoms with Crippen LogP contribution in [-0.2, 0) is 17.5 Å². The molecule has 136 valence electrons. The number of benzene rings is 1. The molecule has 0 bridgehead atoms. The molecule has 1 aromatic rings. The molecule has 0 radical (unpaired) electrons. The largest absolute Gasteiger partial charge is 0.416 e. The van der Waals surface area contributed by atoms with Crippen molar-refractivity contribution in [3.05, 3.63) is 35.4 Å². The van der Waals surface area contributed by atoms with E-state index >= 15 is 0 Å². The summed E-state index contributed by atoms with van der Waals surface area (Å²) in [6.45, 7) is 7.21. The maximum Gasteiger partial charge on any atom is 0.416 e. The summed E-state index contributed by atoms with van der Waals surface area (Å²) in [5.41, 5.74) is 0.0699. The Morgan fingerprint density at radius 2 is 1.71 bits per heavy atom. The van der Waals surface area contributed by atoms with Gasteiger partial charge in [-0.25, -0.2) is 0 Å². The third-order valence-electron chi connectivity index (χ3n) is 3.67. The Morgan fingerprint density at radius 3 is 2.12 bits per heavy atom. The Kier molecular flexibility index (Phi) is 7.08. The first-order valence-corrected chi connectivity index (χ1v) is 7.71. The minimum absolute atomic E-state index is 0.00196. The number of nitrogens with one attached hydrogen (secondary N) is 2. The summed E-state index contributed by atoms with van der Waals surface area (Å²) in [7, 11) is 3.30. The molecule has 4 nitrogen and oxygen atoms in total. The van der Waals surface area contributed by atoms with Crippen LogP contribution in [0.3, 0.4) is 0 Å². The first-order valence-electron chi connectivity index (χ1n) is 7.71. The lowest BCUT2D eigenvalue weighted by molar-refractivity contribution is -0.137. The molecule has 24 heavy (non-hydrogen) atoms. The number of methoxy groups -OCH3 is 1. The molecule has 0 saturated heterocycles. The van der Waals surface area contributed by atoms with Crippen molar-refractivity contribution in [3.63, 3.8) is 0 Å². The van der Waals surface area contributed by atoms with Gasteiger partial charge in [0, 0.05) is 27.2 Å². The summed E-state index contributed by atoms with van der Waals surface area (Å²) in [5, 5.41) is 6.24. The molecule has 7 heteroatoms. The van der Waals surface area contributed by atoms with Crippen molar-refractivity contribution in [1.82, 2.24) is 10.6 Å². The van der Waals surface area contributed by atoms with Gasteiger partial charge in [-0.1, -0.05) is 32.9 Å². The molecule has 1 aromatic carbocycles. The van der Waals surface area contributed by atoms with Crippen molar-refractivity contribution < 1.29 is 17.9 Å². The molecule has 0 spiro atoms. The van der Waals surface area contributed by atoms with Crippen LogP contribution in [0.25, 0.3) is 0 Å². The zero-order chi connectivity index (χ0) is 18.4. The second-order valence-electron chi connectivity index (χ2n) is 6.59.